The van der Waals surface area contributed by atoms with Gasteiger partial charge < -0.3 is 9.73 Å². The molecule has 1 aliphatic carbocycles. The highest BCUT2D eigenvalue weighted by Gasteiger charge is 2.27. The minimum atomic E-state index is 0.648. The summed E-state index contributed by atoms with van der Waals surface area (Å²) in [6.07, 6.45) is 4.51. The second kappa shape index (κ2) is 3.31. The standard InChI is InChI=1S/C10H15NO/c1-8(9-4-5-9)11-7-10-3-2-6-12-10/h2-3,6,8-9,11H,4-5,7H2,1H3/t8-/m1/s1. The van der Waals surface area contributed by atoms with Gasteiger partial charge in [-0.2, -0.15) is 0 Å². The Kier molecular flexibility index (Phi) is 2.17. The van der Waals surface area contributed by atoms with E-state index in [0.717, 1.165) is 18.2 Å². The molecule has 66 valence electrons. The van der Waals surface area contributed by atoms with Crippen molar-refractivity contribution >= 4 is 0 Å². The molecule has 1 heterocycles. The average Bonchev–Trinajstić information content (AvgIpc) is 2.80. The fourth-order valence-electron chi connectivity index (χ4n) is 1.44. The van der Waals surface area contributed by atoms with Crippen molar-refractivity contribution in [3.05, 3.63) is 24.2 Å². The van der Waals surface area contributed by atoms with Crippen LogP contribution in [0.4, 0.5) is 0 Å². The Hall–Kier alpha value is -0.760. The lowest BCUT2D eigenvalue weighted by atomic mass is 10.2. The fourth-order valence-corrected chi connectivity index (χ4v) is 1.44. The highest BCUT2D eigenvalue weighted by atomic mass is 16.3. The summed E-state index contributed by atoms with van der Waals surface area (Å²) in [5, 5.41) is 3.45. The van der Waals surface area contributed by atoms with Gasteiger partial charge in [0.1, 0.15) is 5.76 Å². The van der Waals surface area contributed by atoms with Crippen molar-refractivity contribution < 1.29 is 4.42 Å². The van der Waals surface area contributed by atoms with E-state index in [1.165, 1.54) is 12.8 Å². The van der Waals surface area contributed by atoms with Crippen molar-refractivity contribution in [1.29, 1.82) is 0 Å². The van der Waals surface area contributed by atoms with Gasteiger partial charge in [-0.25, -0.2) is 0 Å². The minimum Gasteiger partial charge on any atom is -0.468 e. The molecular weight excluding hydrogens is 150 g/mol. The molecule has 0 bridgehead atoms. The summed E-state index contributed by atoms with van der Waals surface area (Å²) in [4.78, 5) is 0. The van der Waals surface area contributed by atoms with Crippen LogP contribution >= 0.6 is 0 Å². The first-order valence-corrected chi connectivity index (χ1v) is 4.62. The molecule has 2 rings (SSSR count). The van der Waals surface area contributed by atoms with Crippen molar-refractivity contribution in [1.82, 2.24) is 5.32 Å². The van der Waals surface area contributed by atoms with Crippen LogP contribution in [0.5, 0.6) is 0 Å². The topological polar surface area (TPSA) is 25.2 Å². The maximum absolute atomic E-state index is 5.22. The molecule has 0 saturated heterocycles. The van der Waals surface area contributed by atoms with Gasteiger partial charge in [-0.1, -0.05) is 0 Å². The third kappa shape index (κ3) is 1.89. The number of hydrogen-bond acceptors (Lipinski definition) is 2. The van der Waals surface area contributed by atoms with Crippen LogP contribution in [0.25, 0.3) is 0 Å². The summed E-state index contributed by atoms with van der Waals surface area (Å²) in [5.41, 5.74) is 0. The van der Waals surface area contributed by atoms with Crippen LogP contribution in [0.3, 0.4) is 0 Å². The zero-order valence-electron chi connectivity index (χ0n) is 7.42. The molecule has 1 aromatic rings. The molecule has 0 aromatic carbocycles. The third-order valence-electron chi connectivity index (χ3n) is 2.51. The number of furan rings is 1. The molecule has 0 radical (unpaired) electrons. The smallest absolute Gasteiger partial charge is 0.117 e. The lowest BCUT2D eigenvalue weighted by Crippen LogP contribution is -2.26. The minimum absolute atomic E-state index is 0.648. The van der Waals surface area contributed by atoms with Gasteiger partial charge in [0.25, 0.3) is 0 Å². The Bertz CT molecular complexity index is 226. The van der Waals surface area contributed by atoms with Gasteiger partial charge in [-0.05, 0) is 37.8 Å². The van der Waals surface area contributed by atoms with Crippen molar-refractivity contribution in [2.45, 2.75) is 32.4 Å². The van der Waals surface area contributed by atoms with E-state index >= 15 is 0 Å². The largest absolute Gasteiger partial charge is 0.468 e. The molecule has 12 heavy (non-hydrogen) atoms. The van der Waals surface area contributed by atoms with Crippen LogP contribution in [0, 0.1) is 5.92 Å². The van der Waals surface area contributed by atoms with E-state index in [2.05, 4.69) is 12.2 Å². The van der Waals surface area contributed by atoms with Crippen molar-refractivity contribution in [3.63, 3.8) is 0 Å². The van der Waals surface area contributed by atoms with E-state index in [9.17, 15) is 0 Å². The summed E-state index contributed by atoms with van der Waals surface area (Å²) < 4.78 is 5.22. The van der Waals surface area contributed by atoms with Gasteiger partial charge in [-0.3, -0.25) is 0 Å². The molecular formula is C10H15NO. The van der Waals surface area contributed by atoms with E-state index < -0.39 is 0 Å². The van der Waals surface area contributed by atoms with Gasteiger partial charge >= 0.3 is 0 Å². The maximum Gasteiger partial charge on any atom is 0.117 e. The predicted octanol–water partition coefficient (Wildman–Crippen LogP) is 2.17. The second-order valence-corrected chi connectivity index (χ2v) is 3.59. The lowest BCUT2D eigenvalue weighted by molar-refractivity contribution is 0.435. The van der Waals surface area contributed by atoms with Gasteiger partial charge in [-0.15, -0.1) is 0 Å². The van der Waals surface area contributed by atoms with Crippen LogP contribution in [0.15, 0.2) is 22.8 Å². The predicted molar refractivity (Wildman–Crippen MR) is 47.7 cm³/mol. The van der Waals surface area contributed by atoms with Crippen molar-refractivity contribution in [2.24, 2.45) is 5.92 Å². The molecule has 1 fully saturated rings. The lowest BCUT2D eigenvalue weighted by Gasteiger charge is -2.10. The van der Waals surface area contributed by atoms with E-state index in [1.54, 1.807) is 6.26 Å². The molecule has 1 aromatic heterocycles. The molecule has 2 nitrogen and oxygen atoms in total. The van der Waals surface area contributed by atoms with E-state index in [4.69, 9.17) is 4.42 Å². The van der Waals surface area contributed by atoms with Gasteiger partial charge in [0.2, 0.25) is 0 Å². The summed E-state index contributed by atoms with van der Waals surface area (Å²) in [6, 6.07) is 4.58. The quantitative estimate of drug-likeness (QED) is 0.739. The Morgan fingerprint density at radius 3 is 3.08 bits per heavy atom. The molecule has 0 unspecified atom stereocenters. The van der Waals surface area contributed by atoms with Crippen LogP contribution < -0.4 is 5.32 Å². The first kappa shape index (κ1) is 7.87. The molecule has 1 N–H and O–H groups in total. The van der Waals surface area contributed by atoms with Crippen LogP contribution in [0.2, 0.25) is 0 Å². The molecule has 1 aliphatic rings. The SMILES string of the molecule is C[C@@H](NCc1ccco1)C1CC1. The van der Waals surface area contributed by atoms with E-state index in [0.29, 0.717) is 6.04 Å². The normalized spacial score (nSPS) is 19.4. The van der Waals surface area contributed by atoms with Crippen molar-refractivity contribution in [2.75, 3.05) is 0 Å². The molecule has 0 amide bonds. The monoisotopic (exact) mass is 165 g/mol. The van der Waals surface area contributed by atoms with Gasteiger partial charge in [0.05, 0.1) is 12.8 Å². The summed E-state index contributed by atoms with van der Waals surface area (Å²) in [5.74, 6) is 1.95. The van der Waals surface area contributed by atoms with Crippen LogP contribution in [0.1, 0.15) is 25.5 Å². The number of hydrogen-bond donors (Lipinski definition) is 1. The first-order chi connectivity index (χ1) is 5.86. The Morgan fingerprint density at radius 1 is 1.67 bits per heavy atom. The Morgan fingerprint density at radius 2 is 2.50 bits per heavy atom. The maximum atomic E-state index is 5.22. The third-order valence-corrected chi connectivity index (χ3v) is 2.51. The summed E-state index contributed by atoms with van der Waals surface area (Å²) in [6.45, 7) is 3.12. The molecule has 0 aliphatic heterocycles. The van der Waals surface area contributed by atoms with E-state index in [1.807, 2.05) is 12.1 Å². The first-order valence-electron chi connectivity index (χ1n) is 4.62. The zero-order valence-corrected chi connectivity index (χ0v) is 7.42. The zero-order chi connectivity index (χ0) is 8.39. The molecule has 0 spiro atoms. The number of nitrogens with one attached hydrogen (secondary N) is 1. The number of rotatable bonds is 4. The van der Waals surface area contributed by atoms with Crippen molar-refractivity contribution in [3.8, 4) is 0 Å². The van der Waals surface area contributed by atoms with Gasteiger partial charge in [0, 0.05) is 6.04 Å². The fraction of sp³-hybridized carbons (Fsp3) is 0.600. The van der Waals surface area contributed by atoms with Crippen LogP contribution in [-0.2, 0) is 6.54 Å². The second-order valence-electron chi connectivity index (χ2n) is 3.59. The average molecular weight is 165 g/mol. The Labute approximate surface area is 73.0 Å². The van der Waals surface area contributed by atoms with E-state index in [-0.39, 0.29) is 0 Å². The highest BCUT2D eigenvalue weighted by molar-refractivity contribution is 4.98. The molecule has 1 atom stereocenters. The summed E-state index contributed by atoms with van der Waals surface area (Å²) >= 11 is 0. The molecule has 1 saturated carbocycles. The Balaban J connectivity index is 1.74. The highest BCUT2D eigenvalue weighted by Crippen LogP contribution is 2.32. The molecule has 2 heteroatoms. The summed E-state index contributed by atoms with van der Waals surface area (Å²) in [7, 11) is 0. The van der Waals surface area contributed by atoms with Gasteiger partial charge in [0.15, 0.2) is 0 Å². The van der Waals surface area contributed by atoms with Crippen LogP contribution in [-0.4, -0.2) is 6.04 Å².